The maximum Gasteiger partial charge on any atom is 0.261 e. The van der Waals surface area contributed by atoms with Gasteiger partial charge in [0.25, 0.3) is 10.0 Å². The number of carbonyl (C=O) groups is 1. The first-order chi connectivity index (χ1) is 9.03. The van der Waals surface area contributed by atoms with Crippen molar-refractivity contribution in [2.24, 2.45) is 7.05 Å². The van der Waals surface area contributed by atoms with Gasteiger partial charge in [-0.25, -0.2) is 18.1 Å². The Bertz CT molecular complexity index is 589. The lowest BCUT2D eigenvalue weighted by Crippen LogP contribution is -2.42. The second-order valence-corrected chi connectivity index (χ2v) is 7.44. The van der Waals surface area contributed by atoms with Gasteiger partial charge in [0, 0.05) is 25.6 Å². The Balaban J connectivity index is 2.58. The summed E-state index contributed by atoms with van der Waals surface area (Å²) >= 11 is 5.82. The Hall–Kier alpha value is -1.12. The Morgan fingerprint density at radius 2 is 2.05 bits per heavy atom. The third-order valence-electron chi connectivity index (χ3n) is 2.25. The molecule has 1 amide bonds. The summed E-state index contributed by atoms with van der Waals surface area (Å²) < 4.78 is 27.5. The number of rotatable bonds is 5. The minimum absolute atomic E-state index is 0.0167. The first-order valence-electron chi connectivity index (χ1n) is 6.00. The first kappa shape index (κ1) is 16.9. The zero-order chi connectivity index (χ0) is 15.6. The highest BCUT2D eigenvalue weighted by Gasteiger charge is 2.22. The largest absolute Gasteiger partial charge is 0.351 e. The van der Waals surface area contributed by atoms with Crippen molar-refractivity contribution >= 4 is 27.5 Å². The molecule has 2 N–H and O–H groups in total. The molecule has 7 nitrogen and oxygen atoms in total. The van der Waals surface area contributed by atoms with E-state index in [2.05, 4.69) is 15.0 Å². The first-order valence-corrected chi connectivity index (χ1v) is 7.86. The van der Waals surface area contributed by atoms with Crippen LogP contribution in [0.15, 0.2) is 11.4 Å². The number of nitrogens with one attached hydrogen (secondary N) is 2. The van der Waals surface area contributed by atoms with Crippen LogP contribution in [-0.2, 0) is 21.9 Å². The lowest BCUT2D eigenvalue weighted by Gasteiger charge is -2.20. The van der Waals surface area contributed by atoms with Gasteiger partial charge in [0.1, 0.15) is 5.15 Å². The van der Waals surface area contributed by atoms with Crippen LogP contribution in [0.4, 0.5) is 0 Å². The van der Waals surface area contributed by atoms with Crippen molar-refractivity contribution in [1.29, 1.82) is 0 Å². The van der Waals surface area contributed by atoms with Crippen molar-refractivity contribution < 1.29 is 13.2 Å². The third-order valence-corrected chi connectivity index (χ3v) is 4.20. The maximum atomic E-state index is 11.9. The quantitative estimate of drug-likeness (QED) is 0.832. The molecule has 1 heterocycles. The summed E-state index contributed by atoms with van der Waals surface area (Å²) in [5.74, 6) is -0.229. The van der Waals surface area contributed by atoms with E-state index in [4.69, 9.17) is 11.6 Å². The van der Waals surface area contributed by atoms with Gasteiger partial charge in [-0.05, 0) is 20.8 Å². The van der Waals surface area contributed by atoms with Crippen molar-refractivity contribution in [3.05, 3.63) is 11.5 Å². The zero-order valence-corrected chi connectivity index (χ0v) is 13.5. The fourth-order valence-electron chi connectivity index (χ4n) is 1.42. The lowest BCUT2D eigenvalue weighted by atomic mass is 10.1. The maximum absolute atomic E-state index is 11.9. The van der Waals surface area contributed by atoms with Gasteiger partial charge in [0.15, 0.2) is 0 Å². The molecule has 0 spiro atoms. The molecule has 0 radical (unpaired) electrons. The van der Waals surface area contributed by atoms with Crippen molar-refractivity contribution in [2.45, 2.75) is 37.8 Å². The fourth-order valence-corrected chi connectivity index (χ4v) is 2.88. The molecular formula is C11H19ClN4O3S. The number of amides is 1. The van der Waals surface area contributed by atoms with Crippen molar-refractivity contribution in [3.63, 3.8) is 0 Å². The third kappa shape index (κ3) is 4.77. The van der Waals surface area contributed by atoms with E-state index in [1.807, 2.05) is 20.8 Å². The highest BCUT2D eigenvalue weighted by Crippen LogP contribution is 2.17. The normalized spacial score (nSPS) is 12.4. The molecule has 0 fully saturated rings. The van der Waals surface area contributed by atoms with Gasteiger partial charge in [-0.2, -0.15) is 0 Å². The van der Waals surface area contributed by atoms with E-state index in [1.54, 1.807) is 7.05 Å². The number of nitrogens with zero attached hydrogens (tertiary/aromatic N) is 2. The molecule has 114 valence electrons. The Morgan fingerprint density at radius 3 is 2.50 bits per heavy atom. The molecule has 1 rings (SSSR count). The number of aryl methyl sites for hydroxylation is 1. The SMILES string of the molecule is Cn1cnc(S(=O)(=O)NCCC(=O)NC(C)(C)C)c1Cl. The minimum Gasteiger partial charge on any atom is -0.351 e. The lowest BCUT2D eigenvalue weighted by molar-refractivity contribution is -0.122. The highest BCUT2D eigenvalue weighted by atomic mass is 35.5. The number of hydrogen-bond acceptors (Lipinski definition) is 4. The van der Waals surface area contributed by atoms with Crippen LogP contribution in [0.5, 0.6) is 0 Å². The van der Waals surface area contributed by atoms with E-state index in [0.29, 0.717) is 0 Å². The van der Waals surface area contributed by atoms with Crippen molar-refractivity contribution in [3.8, 4) is 0 Å². The van der Waals surface area contributed by atoms with E-state index >= 15 is 0 Å². The molecule has 0 atom stereocenters. The topological polar surface area (TPSA) is 93.1 Å². The number of aromatic nitrogens is 2. The minimum atomic E-state index is -3.80. The van der Waals surface area contributed by atoms with Gasteiger partial charge in [-0.1, -0.05) is 11.6 Å². The Labute approximate surface area is 123 Å². The number of halogens is 1. The van der Waals surface area contributed by atoms with Gasteiger partial charge < -0.3 is 9.88 Å². The summed E-state index contributed by atoms with van der Waals surface area (Å²) in [5, 5.41) is 2.53. The van der Waals surface area contributed by atoms with Gasteiger partial charge in [0.2, 0.25) is 10.9 Å². The van der Waals surface area contributed by atoms with Crippen molar-refractivity contribution in [2.75, 3.05) is 6.54 Å². The van der Waals surface area contributed by atoms with Crippen LogP contribution in [0.1, 0.15) is 27.2 Å². The predicted molar refractivity (Wildman–Crippen MR) is 75.9 cm³/mol. The van der Waals surface area contributed by atoms with E-state index in [9.17, 15) is 13.2 Å². The van der Waals surface area contributed by atoms with Crippen LogP contribution in [0.2, 0.25) is 5.15 Å². The van der Waals surface area contributed by atoms with Crippen LogP contribution < -0.4 is 10.0 Å². The molecule has 1 aromatic heterocycles. The number of hydrogen-bond donors (Lipinski definition) is 2. The molecular weight excluding hydrogens is 304 g/mol. The summed E-state index contributed by atoms with van der Waals surface area (Å²) in [6.45, 7) is 5.53. The van der Waals surface area contributed by atoms with E-state index in [-0.39, 0.29) is 34.6 Å². The molecule has 0 aromatic carbocycles. The van der Waals surface area contributed by atoms with Crippen LogP contribution in [-0.4, -0.2) is 36.0 Å². The van der Waals surface area contributed by atoms with Crippen molar-refractivity contribution in [1.82, 2.24) is 19.6 Å². The second-order valence-electron chi connectivity index (χ2n) is 5.40. The average Bonchev–Trinajstić information content (AvgIpc) is 2.57. The van der Waals surface area contributed by atoms with Crippen LogP contribution >= 0.6 is 11.6 Å². The Morgan fingerprint density at radius 1 is 1.45 bits per heavy atom. The van der Waals surface area contributed by atoms with Gasteiger partial charge in [-0.3, -0.25) is 4.79 Å². The molecule has 0 aliphatic rings. The molecule has 0 saturated carbocycles. The molecule has 1 aromatic rings. The summed E-state index contributed by atoms with van der Waals surface area (Å²) in [7, 11) is -2.21. The summed E-state index contributed by atoms with van der Waals surface area (Å²) in [6, 6.07) is 0. The standard InChI is InChI=1S/C11H19ClN4O3S/c1-11(2,3)15-8(17)5-6-14-20(18,19)10-9(12)16(4)7-13-10/h7,14H,5-6H2,1-4H3,(H,15,17). The van der Waals surface area contributed by atoms with Gasteiger partial charge in [-0.15, -0.1) is 0 Å². The molecule has 0 bridgehead atoms. The Kier molecular flexibility index (Phi) is 5.17. The van der Waals surface area contributed by atoms with Crippen LogP contribution in [0.25, 0.3) is 0 Å². The number of sulfonamides is 1. The second kappa shape index (κ2) is 6.11. The van der Waals surface area contributed by atoms with Crippen LogP contribution in [0, 0.1) is 0 Å². The zero-order valence-electron chi connectivity index (χ0n) is 11.9. The monoisotopic (exact) mass is 322 g/mol. The highest BCUT2D eigenvalue weighted by molar-refractivity contribution is 7.89. The summed E-state index contributed by atoms with van der Waals surface area (Å²) in [6.07, 6.45) is 1.35. The molecule has 0 aliphatic heterocycles. The summed E-state index contributed by atoms with van der Waals surface area (Å²) in [4.78, 5) is 15.3. The molecule has 9 heteroatoms. The van der Waals surface area contributed by atoms with Crippen LogP contribution in [0.3, 0.4) is 0 Å². The molecule has 0 saturated heterocycles. The molecule has 20 heavy (non-hydrogen) atoms. The number of carbonyl (C=O) groups excluding carboxylic acids is 1. The van der Waals surface area contributed by atoms with Gasteiger partial charge in [0.05, 0.1) is 6.33 Å². The molecule has 0 unspecified atom stereocenters. The van der Waals surface area contributed by atoms with E-state index in [1.165, 1.54) is 10.9 Å². The fraction of sp³-hybridized carbons (Fsp3) is 0.636. The molecule has 0 aliphatic carbocycles. The summed E-state index contributed by atoms with van der Waals surface area (Å²) in [5.41, 5.74) is -0.347. The average molecular weight is 323 g/mol. The van der Waals surface area contributed by atoms with Gasteiger partial charge >= 0.3 is 0 Å². The smallest absolute Gasteiger partial charge is 0.261 e. The predicted octanol–water partition coefficient (Wildman–Crippen LogP) is 0.657. The van der Waals surface area contributed by atoms with E-state index < -0.39 is 10.0 Å². The number of imidazole rings is 1. The van der Waals surface area contributed by atoms with E-state index in [0.717, 1.165) is 0 Å².